The number of amidine groups is 1. The van der Waals surface area contributed by atoms with Gasteiger partial charge in [0.1, 0.15) is 11.0 Å². The summed E-state index contributed by atoms with van der Waals surface area (Å²) in [6.07, 6.45) is 7.74. The van der Waals surface area contributed by atoms with Gasteiger partial charge in [-0.2, -0.15) is 0 Å². The minimum Gasteiger partial charge on any atom is -0.497 e. The maximum atomic E-state index is 13.4. The van der Waals surface area contributed by atoms with E-state index in [4.69, 9.17) is 14.5 Å². The molecule has 2 aromatic rings. The van der Waals surface area contributed by atoms with Crippen molar-refractivity contribution in [2.45, 2.75) is 55.8 Å². The van der Waals surface area contributed by atoms with Crippen LogP contribution >= 0.6 is 11.8 Å². The monoisotopic (exact) mass is 533 g/mol. The van der Waals surface area contributed by atoms with Crippen LogP contribution in [0.25, 0.3) is 0 Å². The lowest BCUT2D eigenvalue weighted by Crippen LogP contribution is -2.53. The molecule has 4 saturated carbocycles. The second kappa shape index (κ2) is 10.7. The summed E-state index contributed by atoms with van der Waals surface area (Å²) in [5.74, 6) is 2.85. The molecule has 0 spiro atoms. The number of hydrogen-bond donors (Lipinski definition) is 1. The van der Waals surface area contributed by atoms with Crippen molar-refractivity contribution in [3.05, 3.63) is 54.6 Å². The molecule has 1 heterocycles. The van der Waals surface area contributed by atoms with Gasteiger partial charge in [0, 0.05) is 12.1 Å². The molecular formula is C30H35N3O4S. The number of carbonyl (C=O) groups excluding carboxylic acids is 2. The third kappa shape index (κ3) is 5.47. The van der Waals surface area contributed by atoms with Crippen molar-refractivity contribution in [2.75, 3.05) is 25.6 Å². The van der Waals surface area contributed by atoms with Crippen molar-refractivity contribution in [3.63, 3.8) is 0 Å². The van der Waals surface area contributed by atoms with Crippen LogP contribution in [-0.4, -0.2) is 53.0 Å². The number of benzene rings is 2. The Bertz CT molecular complexity index is 1160. The Morgan fingerprint density at radius 2 is 1.68 bits per heavy atom. The summed E-state index contributed by atoms with van der Waals surface area (Å²) in [6.45, 7) is 0.945. The molecule has 1 atom stereocenters. The number of aliphatic imine (C=N–C) groups is 1. The molecule has 7 rings (SSSR count). The minimum atomic E-state index is -0.563. The molecule has 0 aromatic heterocycles. The summed E-state index contributed by atoms with van der Waals surface area (Å²) in [5, 5.41) is 2.92. The van der Waals surface area contributed by atoms with Crippen molar-refractivity contribution in [1.29, 1.82) is 0 Å². The molecule has 2 amide bonds. The van der Waals surface area contributed by atoms with E-state index in [1.807, 2.05) is 30.3 Å². The topological polar surface area (TPSA) is 80.2 Å². The smallest absolute Gasteiger partial charge is 0.238 e. The summed E-state index contributed by atoms with van der Waals surface area (Å²) >= 11 is 1.35. The Morgan fingerprint density at radius 1 is 1.03 bits per heavy atom. The van der Waals surface area contributed by atoms with Crippen LogP contribution in [0.5, 0.6) is 5.75 Å². The number of rotatable bonds is 8. The second-order valence-electron chi connectivity index (χ2n) is 11.3. The lowest BCUT2D eigenvalue weighted by molar-refractivity contribution is -0.164. The van der Waals surface area contributed by atoms with Crippen LogP contribution in [0.1, 0.15) is 44.9 Å². The van der Waals surface area contributed by atoms with Crippen molar-refractivity contribution >= 4 is 40.1 Å². The molecule has 4 bridgehead atoms. The minimum absolute atomic E-state index is 0.00174. The van der Waals surface area contributed by atoms with Gasteiger partial charge in [0.15, 0.2) is 5.17 Å². The molecule has 1 N–H and O–H groups in total. The first-order valence-electron chi connectivity index (χ1n) is 13.7. The molecule has 8 heteroatoms. The van der Waals surface area contributed by atoms with Gasteiger partial charge in [-0.05, 0) is 92.7 Å². The maximum absolute atomic E-state index is 13.4. The molecule has 4 aliphatic carbocycles. The predicted octanol–water partition coefficient (Wildman–Crippen LogP) is 5.64. The first kappa shape index (κ1) is 25.4. The fourth-order valence-corrected chi connectivity index (χ4v) is 8.26. The van der Waals surface area contributed by atoms with Gasteiger partial charge < -0.3 is 14.8 Å². The van der Waals surface area contributed by atoms with Crippen molar-refractivity contribution < 1.29 is 19.1 Å². The van der Waals surface area contributed by atoms with Gasteiger partial charge in [0.2, 0.25) is 11.8 Å². The number of methoxy groups -OCH3 is 1. The van der Waals surface area contributed by atoms with Gasteiger partial charge in [-0.1, -0.05) is 30.0 Å². The van der Waals surface area contributed by atoms with Crippen molar-refractivity contribution in [1.82, 2.24) is 4.90 Å². The van der Waals surface area contributed by atoms with Crippen molar-refractivity contribution in [3.8, 4) is 5.75 Å². The zero-order valence-corrected chi connectivity index (χ0v) is 22.6. The molecule has 200 valence electrons. The third-order valence-corrected chi connectivity index (χ3v) is 9.66. The van der Waals surface area contributed by atoms with Crippen LogP contribution in [0.15, 0.2) is 59.6 Å². The predicted molar refractivity (Wildman–Crippen MR) is 150 cm³/mol. The lowest BCUT2D eigenvalue weighted by atomic mass is 9.54. The Hall–Kier alpha value is -2.84. The number of thioether (sulfide) groups is 1. The van der Waals surface area contributed by atoms with Crippen LogP contribution in [-0.2, 0) is 14.3 Å². The average molecular weight is 534 g/mol. The summed E-state index contributed by atoms with van der Waals surface area (Å²) in [6, 6.07) is 16.8. The Balaban J connectivity index is 1.14. The van der Waals surface area contributed by atoms with Crippen molar-refractivity contribution in [2.24, 2.45) is 22.7 Å². The standard InChI is InChI=1S/C30H35N3O4S/c1-36-25-9-7-24(8-10-25)31-28(35)26-16-27(34)33(29(38-26)32-23-5-3-2-4-6-23)11-12-37-30-17-20-13-21(18-30)15-22(14-20)19-30/h2-10,20-22,26H,11-19H2,1H3,(H,31,35)/t20?,21?,22?,26-,30?/m0/s1. The van der Waals surface area contributed by atoms with E-state index in [0.29, 0.717) is 29.8 Å². The average Bonchev–Trinajstić information content (AvgIpc) is 2.90. The number of carbonyl (C=O) groups is 2. The SMILES string of the molecule is COc1ccc(NC(=O)[C@@H]2CC(=O)N(CCOC34CC5CC(CC(C5)C3)C4)C(=Nc3ccccc3)S2)cc1. The van der Waals surface area contributed by atoms with E-state index < -0.39 is 5.25 Å². The van der Waals surface area contributed by atoms with Gasteiger partial charge >= 0.3 is 0 Å². The number of amides is 2. The largest absolute Gasteiger partial charge is 0.497 e. The quantitative estimate of drug-likeness (QED) is 0.475. The van der Waals surface area contributed by atoms with E-state index in [9.17, 15) is 9.59 Å². The molecule has 1 aliphatic heterocycles. The van der Waals surface area contributed by atoms with Crippen LogP contribution in [0.4, 0.5) is 11.4 Å². The molecule has 7 nitrogen and oxygen atoms in total. The normalized spacial score (nSPS) is 31.0. The van der Waals surface area contributed by atoms with E-state index in [-0.39, 0.29) is 23.8 Å². The zero-order chi connectivity index (χ0) is 26.1. The Labute approximate surface area is 228 Å². The summed E-state index contributed by atoms with van der Waals surface area (Å²) in [4.78, 5) is 33.0. The number of nitrogens with one attached hydrogen (secondary N) is 1. The number of nitrogens with zero attached hydrogens (tertiary/aromatic N) is 2. The first-order chi connectivity index (χ1) is 18.5. The van der Waals surface area contributed by atoms with Gasteiger partial charge in [0.25, 0.3) is 0 Å². The van der Waals surface area contributed by atoms with Gasteiger partial charge in [-0.15, -0.1) is 0 Å². The van der Waals surface area contributed by atoms with Gasteiger partial charge in [-0.25, -0.2) is 4.99 Å². The first-order valence-corrected chi connectivity index (χ1v) is 14.6. The van der Waals surface area contributed by atoms with E-state index in [1.165, 1.54) is 50.3 Å². The van der Waals surface area contributed by atoms with E-state index >= 15 is 0 Å². The number of ether oxygens (including phenoxy) is 2. The summed E-state index contributed by atoms with van der Waals surface area (Å²) in [5.41, 5.74) is 1.42. The molecule has 5 fully saturated rings. The highest BCUT2D eigenvalue weighted by Gasteiger charge is 2.51. The van der Waals surface area contributed by atoms with E-state index in [1.54, 1.807) is 36.3 Å². The highest BCUT2D eigenvalue weighted by molar-refractivity contribution is 8.15. The van der Waals surface area contributed by atoms with Gasteiger partial charge in [0.05, 0.1) is 31.5 Å². The highest BCUT2D eigenvalue weighted by Crippen LogP contribution is 2.57. The molecule has 0 unspecified atom stereocenters. The van der Waals surface area contributed by atoms with E-state index in [0.717, 1.165) is 23.4 Å². The van der Waals surface area contributed by atoms with Crippen LogP contribution < -0.4 is 10.1 Å². The number of hydrogen-bond acceptors (Lipinski definition) is 6. The molecule has 1 saturated heterocycles. The summed E-state index contributed by atoms with van der Waals surface area (Å²) in [7, 11) is 1.60. The van der Waals surface area contributed by atoms with Crippen LogP contribution in [0, 0.1) is 17.8 Å². The number of anilines is 1. The molecule has 0 radical (unpaired) electrons. The molecule has 2 aromatic carbocycles. The second-order valence-corrected chi connectivity index (χ2v) is 12.4. The fraction of sp³-hybridized carbons (Fsp3) is 0.500. The molecule has 5 aliphatic rings. The molecular weight excluding hydrogens is 498 g/mol. The highest BCUT2D eigenvalue weighted by atomic mass is 32.2. The Morgan fingerprint density at radius 3 is 2.32 bits per heavy atom. The van der Waals surface area contributed by atoms with Gasteiger partial charge in [-0.3, -0.25) is 14.5 Å². The van der Waals surface area contributed by atoms with E-state index in [2.05, 4.69) is 5.32 Å². The fourth-order valence-electron chi connectivity index (χ4n) is 7.13. The Kier molecular flexibility index (Phi) is 7.18. The summed E-state index contributed by atoms with van der Waals surface area (Å²) < 4.78 is 11.8. The zero-order valence-electron chi connectivity index (χ0n) is 21.8. The van der Waals surface area contributed by atoms with Crippen LogP contribution in [0.3, 0.4) is 0 Å². The molecule has 38 heavy (non-hydrogen) atoms. The lowest BCUT2D eigenvalue weighted by Gasteiger charge is -2.56. The van der Waals surface area contributed by atoms with Crippen LogP contribution in [0.2, 0.25) is 0 Å². The maximum Gasteiger partial charge on any atom is 0.238 e. The third-order valence-electron chi connectivity index (χ3n) is 8.48. The number of para-hydroxylation sites is 1.